The van der Waals surface area contributed by atoms with Crippen LogP contribution >= 0.6 is 23.4 Å². The van der Waals surface area contributed by atoms with Crippen molar-refractivity contribution >= 4 is 40.4 Å². The molecule has 0 aliphatic carbocycles. The Balaban J connectivity index is 1.74. The number of alkyl halides is 3. The minimum atomic E-state index is -4.93. The molecule has 0 spiro atoms. The zero-order valence-electron chi connectivity index (χ0n) is 18.3. The Morgan fingerprint density at radius 3 is 2.69 bits per heavy atom. The largest absolute Gasteiger partial charge is 0.467 e. The third-order valence-electron chi connectivity index (χ3n) is 5.16. The van der Waals surface area contributed by atoms with Crippen molar-refractivity contribution < 1.29 is 31.9 Å². The second-order valence-corrected chi connectivity index (χ2v) is 8.67. The molecule has 2 aliphatic heterocycles. The number of esters is 1. The average Bonchev–Trinajstić information content (AvgIpc) is 3.47. The van der Waals surface area contributed by atoms with Crippen molar-refractivity contribution in [3.8, 4) is 0 Å². The minimum absolute atomic E-state index is 0.0240. The Morgan fingerprint density at radius 2 is 2.03 bits per heavy atom. The number of furan rings is 1. The Morgan fingerprint density at radius 1 is 1.26 bits per heavy atom. The minimum Gasteiger partial charge on any atom is -0.467 e. The van der Waals surface area contributed by atoms with Crippen LogP contribution in [0, 0.1) is 0 Å². The van der Waals surface area contributed by atoms with E-state index in [0.29, 0.717) is 11.5 Å². The third-order valence-corrected chi connectivity index (χ3v) is 6.39. The van der Waals surface area contributed by atoms with Gasteiger partial charge >= 0.3 is 12.1 Å². The molecule has 12 heteroatoms. The van der Waals surface area contributed by atoms with Gasteiger partial charge in [0.15, 0.2) is 10.9 Å². The van der Waals surface area contributed by atoms with Gasteiger partial charge in [0.1, 0.15) is 5.76 Å². The molecular weight excluding hydrogens is 507 g/mol. The normalized spacial score (nSPS) is 17.6. The van der Waals surface area contributed by atoms with Gasteiger partial charge in [-0.1, -0.05) is 41.6 Å². The highest BCUT2D eigenvalue weighted by Gasteiger charge is 2.49. The van der Waals surface area contributed by atoms with Crippen LogP contribution in [0.5, 0.6) is 0 Å². The van der Waals surface area contributed by atoms with Gasteiger partial charge in [0, 0.05) is 10.7 Å². The van der Waals surface area contributed by atoms with Gasteiger partial charge in [-0.15, -0.1) is 0 Å². The van der Waals surface area contributed by atoms with E-state index in [4.69, 9.17) is 20.8 Å². The molecule has 184 valence electrons. The van der Waals surface area contributed by atoms with E-state index >= 15 is 0 Å². The first-order chi connectivity index (χ1) is 16.7. The monoisotopic (exact) mass is 525 g/mol. The van der Waals surface area contributed by atoms with Crippen LogP contribution in [0.2, 0.25) is 5.02 Å². The number of benzene rings is 1. The number of halogens is 4. The van der Waals surface area contributed by atoms with Gasteiger partial charge in [-0.3, -0.25) is 4.79 Å². The molecular formula is C23H19ClF3N3O4S. The number of nitrogens with zero attached hydrogens (tertiary/aromatic N) is 2. The molecule has 2 aromatic rings. The van der Waals surface area contributed by atoms with Crippen molar-refractivity contribution in [1.29, 1.82) is 0 Å². The van der Waals surface area contributed by atoms with Crippen LogP contribution in [0.4, 0.5) is 13.2 Å². The molecule has 4 rings (SSSR count). The lowest BCUT2D eigenvalue weighted by molar-refractivity contribution is -0.140. The molecule has 0 fully saturated rings. The summed E-state index contributed by atoms with van der Waals surface area (Å²) >= 11 is 7.31. The number of amides is 1. The lowest BCUT2D eigenvalue weighted by Crippen LogP contribution is -2.40. The second-order valence-electron chi connectivity index (χ2n) is 7.43. The number of fused-ring (bicyclic) bond motifs is 1. The standard InChI is InChI=1S/C23H19ClF3N3O4S/c1-2-33-21(32)18-19(15-7-3-4-8-16(15)24)30-13(10-17(31)28-11-14-6-5-9-34-14)12-35-22(30)29-20(18)23(25,26)27/h3-9,12,19H,2,10-11H2,1H3,(H,28,31). The summed E-state index contributed by atoms with van der Waals surface area (Å²) in [7, 11) is 0. The smallest absolute Gasteiger partial charge is 0.434 e. The summed E-state index contributed by atoms with van der Waals surface area (Å²) in [5.41, 5.74) is -1.44. The van der Waals surface area contributed by atoms with E-state index < -0.39 is 35.4 Å². The van der Waals surface area contributed by atoms with E-state index in [1.54, 1.807) is 24.3 Å². The zero-order valence-corrected chi connectivity index (χ0v) is 19.8. The van der Waals surface area contributed by atoms with E-state index in [1.807, 2.05) is 0 Å². The van der Waals surface area contributed by atoms with E-state index in [-0.39, 0.29) is 35.3 Å². The molecule has 1 unspecified atom stereocenters. The van der Waals surface area contributed by atoms with Gasteiger partial charge in [-0.25, -0.2) is 9.79 Å². The van der Waals surface area contributed by atoms with Crippen molar-refractivity contribution in [2.24, 2.45) is 4.99 Å². The molecule has 1 aromatic heterocycles. The quantitative estimate of drug-likeness (QED) is 0.493. The van der Waals surface area contributed by atoms with Gasteiger partial charge in [0.25, 0.3) is 0 Å². The van der Waals surface area contributed by atoms with E-state index in [9.17, 15) is 22.8 Å². The fourth-order valence-electron chi connectivity index (χ4n) is 3.71. The Labute approximate surface area is 207 Å². The highest BCUT2D eigenvalue weighted by atomic mass is 35.5. The number of hydrogen-bond donors (Lipinski definition) is 1. The van der Waals surface area contributed by atoms with Crippen LogP contribution in [-0.4, -0.2) is 34.7 Å². The maximum Gasteiger partial charge on any atom is 0.434 e. The van der Waals surface area contributed by atoms with Crippen molar-refractivity contribution in [3.63, 3.8) is 0 Å². The molecule has 1 N–H and O–H groups in total. The summed E-state index contributed by atoms with van der Waals surface area (Å²) < 4.78 is 52.4. The lowest BCUT2D eigenvalue weighted by atomic mass is 9.93. The maximum absolute atomic E-state index is 14.1. The van der Waals surface area contributed by atoms with Crippen molar-refractivity contribution in [3.05, 3.63) is 81.4 Å². The third kappa shape index (κ3) is 5.25. The number of ether oxygens (including phenoxy) is 1. The topological polar surface area (TPSA) is 84.1 Å². The molecule has 35 heavy (non-hydrogen) atoms. The van der Waals surface area contributed by atoms with Crippen molar-refractivity contribution in [2.45, 2.75) is 32.1 Å². The fraction of sp³-hybridized carbons (Fsp3) is 0.261. The molecule has 0 saturated heterocycles. The zero-order chi connectivity index (χ0) is 25.2. The number of allylic oxidation sites excluding steroid dienone is 1. The van der Waals surface area contributed by atoms with Gasteiger partial charge in [-0.05, 0) is 36.1 Å². The van der Waals surface area contributed by atoms with E-state index in [1.165, 1.54) is 35.6 Å². The molecule has 0 radical (unpaired) electrons. The Hall–Kier alpha value is -3.18. The number of nitrogens with one attached hydrogen (secondary N) is 1. The molecule has 1 amide bonds. The number of amidine groups is 1. The van der Waals surface area contributed by atoms with Crippen molar-refractivity contribution in [1.82, 2.24) is 10.2 Å². The summed E-state index contributed by atoms with van der Waals surface area (Å²) in [4.78, 5) is 30.7. The van der Waals surface area contributed by atoms with Gasteiger partial charge < -0.3 is 19.4 Å². The first-order valence-corrected chi connectivity index (χ1v) is 11.7. The van der Waals surface area contributed by atoms with Crippen LogP contribution in [0.25, 0.3) is 0 Å². The van der Waals surface area contributed by atoms with Crippen LogP contribution in [0.3, 0.4) is 0 Å². The molecule has 1 atom stereocenters. The first-order valence-electron chi connectivity index (χ1n) is 10.5. The molecule has 2 aliphatic rings. The highest BCUT2D eigenvalue weighted by Crippen LogP contribution is 2.49. The van der Waals surface area contributed by atoms with Crippen LogP contribution < -0.4 is 5.32 Å². The molecule has 0 saturated carbocycles. The first kappa shape index (κ1) is 24.9. The number of thioether (sulfide) groups is 1. The summed E-state index contributed by atoms with van der Waals surface area (Å²) in [6.07, 6.45) is -3.63. The van der Waals surface area contributed by atoms with Crippen LogP contribution in [0.15, 0.2) is 74.4 Å². The average molecular weight is 526 g/mol. The second kappa shape index (κ2) is 10.2. The summed E-state index contributed by atoms with van der Waals surface area (Å²) in [5.74, 6) is -1.01. The Bertz CT molecular complexity index is 1220. The maximum atomic E-state index is 14.1. The van der Waals surface area contributed by atoms with Gasteiger partial charge in [0.05, 0.1) is 37.5 Å². The molecule has 3 heterocycles. The number of hydrogen-bond acceptors (Lipinski definition) is 7. The lowest BCUT2D eigenvalue weighted by Gasteiger charge is -2.37. The molecule has 7 nitrogen and oxygen atoms in total. The Kier molecular flexibility index (Phi) is 7.27. The summed E-state index contributed by atoms with van der Waals surface area (Å²) in [5, 5.41) is 4.37. The fourth-order valence-corrected chi connectivity index (χ4v) is 4.86. The summed E-state index contributed by atoms with van der Waals surface area (Å²) in [6, 6.07) is 8.35. The van der Waals surface area contributed by atoms with Crippen molar-refractivity contribution in [2.75, 3.05) is 6.61 Å². The molecule has 1 aromatic carbocycles. The number of aliphatic imine (C=N–C) groups is 1. The SMILES string of the molecule is CCOC(=O)C1=C(C(F)(F)F)N=C2SC=C(CC(=O)NCc3ccco3)N2C1c1ccccc1Cl. The number of carbonyl (C=O) groups is 2. The van der Waals surface area contributed by atoms with Crippen LogP contribution in [0.1, 0.15) is 30.7 Å². The number of carbonyl (C=O) groups excluding carboxylic acids is 2. The highest BCUT2D eigenvalue weighted by molar-refractivity contribution is 8.16. The predicted molar refractivity (Wildman–Crippen MR) is 124 cm³/mol. The summed E-state index contributed by atoms with van der Waals surface area (Å²) in [6.45, 7) is 1.51. The number of rotatable bonds is 7. The molecule has 0 bridgehead atoms. The predicted octanol–water partition coefficient (Wildman–Crippen LogP) is 5.32. The van der Waals surface area contributed by atoms with E-state index in [0.717, 1.165) is 11.8 Å². The van der Waals surface area contributed by atoms with Crippen LogP contribution in [-0.2, 0) is 20.9 Å². The van der Waals surface area contributed by atoms with Gasteiger partial charge in [-0.2, -0.15) is 13.2 Å². The van der Waals surface area contributed by atoms with Gasteiger partial charge in [0.2, 0.25) is 5.91 Å². The van der Waals surface area contributed by atoms with E-state index in [2.05, 4.69) is 10.3 Å².